The maximum Gasteiger partial charge on any atom is 0.0779 e. The molecule has 0 amide bonds. The molecule has 1 saturated heterocycles. The highest BCUT2D eigenvalue weighted by Crippen LogP contribution is 2.24. The second-order valence-corrected chi connectivity index (χ2v) is 5.36. The number of para-hydroxylation sites is 1. The van der Waals surface area contributed by atoms with Crippen molar-refractivity contribution in [3.05, 3.63) is 36.0 Å². The molecule has 1 fully saturated rings. The van der Waals surface area contributed by atoms with E-state index in [4.69, 9.17) is 4.74 Å². The molecule has 0 spiro atoms. The summed E-state index contributed by atoms with van der Waals surface area (Å²) >= 11 is 0. The summed E-state index contributed by atoms with van der Waals surface area (Å²) in [6, 6.07) is 8.53. The number of fused-ring (bicyclic) bond motifs is 1. The standard InChI is InChI=1S/C15H20N2O/c1-15(7-3-9-18-15)11-16-10-13-5-2-4-12-6-8-17-14(12)13/h2,4-6,8,16-17H,3,7,9-11H2,1H3. The SMILES string of the molecule is CC1(CNCc2cccc3cc[nH]c23)CCCO1. The Labute approximate surface area is 108 Å². The summed E-state index contributed by atoms with van der Waals surface area (Å²) in [7, 11) is 0. The lowest BCUT2D eigenvalue weighted by Gasteiger charge is -2.23. The molecule has 96 valence electrons. The first-order chi connectivity index (χ1) is 8.77. The van der Waals surface area contributed by atoms with Crippen LogP contribution in [0.1, 0.15) is 25.3 Å². The molecule has 1 unspecified atom stereocenters. The van der Waals surface area contributed by atoms with Crippen molar-refractivity contribution in [3.8, 4) is 0 Å². The number of ether oxygens (including phenoxy) is 1. The Kier molecular flexibility index (Phi) is 3.10. The summed E-state index contributed by atoms with van der Waals surface area (Å²) < 4.78 is 5.78. The second-order valence-electron chi connectivity index (χ2n) is 5.36. The maximum absolute atomic E-state index is 5.78. The Morgan fingerprint density at radius 3 is 3.17 bits per heavy atom. The van der Waals surface area contributed by atoms with Crippen LogP contribution >= 0.6 is 0 Å². The summed E-state index contributed by atoms with van der Waals surface area (Å²) in [5.74, 6) is 0. The predicted molar refractivity (Wildman–Crippen MR) is 73.6 cm³/mol. The van der Waals surface area contributed by atoms with E-state index >= 15 is 0 Å². The van der Waals surface area contributed by atoms with Crippen molar-refractivity contribution in [3.63, 3.8) is 0 Å². The van der Waals surface area contributed by atoms with Gasteiger partial charge in [0, 0.05) is 31.4 Å². The highest BCUT2D eigenvalue weighted by molar-refractivity contribution is 5.82. The van der Waals surface area contributed by atoms with Crippen LogP contribution < -0.4 is 5.32 Å². The van der Waals surface area contributed by atoms with Gasteiger partial charge in [0.1, 0.15) is 0 Å². The van der Waals surface area contributed by atoms with Crippen LogP contribution in [-0.4, -0.2) is 23.7 Å². The van der Waals surface area contributed by atoms with Crippen LogP contribution in [0.15, 0.2) is 30.5 Å². The van der Waals surface area contributed by atoms with Gasteiger partial charge >= 0.3 is 0 Å². The van der Waals surface area contributed by atoms with Crippen molar-refractivity contribution in [1.29, 1.82) is 0 Å². The van der Waals surface area contributed by atoms with E-state index in [0.717, 1.165) is 26.1 Å². The molecule has 3 rings (SSSR count). The molecule has 18 heavy (non-hydrogen) atoms. The third-order valence-electron chi connectivity index (χ3n) is 3.79. The maximum atomic E-state index is 5.78. The smallest absolute Gasteiger partial charge is 0.0779 e. The minimum Gasteiger partial charge on any atom is -0.374 e. The molecular formula is C15H20N2O. The second kappa shape index (κ2) is 4.75. The normalized spacial score (nSPS) is 23.8. The summed E-state index contributed by atoms with van der Waals surface area (Å²) in [5.41, 5.74) is 2.59. The fourth-order valence-corrected chi connectivity index (χ4v) is 2.73. The van der Waals surface area contributed by atoms with Crippen LogP contribution in [0.25, 0.3) is 10.9 Å². The van der Waals surface area contributed by atoms with E-state index in [-0.39, 0.29) is 5.60 Å². The van der Waals surface area contributed by atoms with E-state index in [1.54, 1.807) is 0 Å². The van der Waals surface area contributed by atoms with Crippen molar-refractivity contribution >= 4 is 10.9 Å². The zero-order valence-corrected chi connectivity index (χ0v) is 10.8. The predicted octanol–water partition coefficient (Wildman–Crippen LogP) is 2.83. The highest BCUT2D eigenvalue weighted by atomic mass is 16.5. The molecule has 0 aliphatic carbocycles. The molecule has 1 aliphatic heterocycles. The Morgan fingerprint density at radius 2 is 2.33 bits per heavy atom. The highest BCUT2D eigenvalue weighted by Gasteiger charge is 2.28. The third-order valence-corrected chi connectivity index (χ3v) is 3.79. The first-order valence-corrected chi connectivity index (χ1v) is 6.67. The van der Waals surface area contributed by atoms with Gasteiger partial charge in [0.15, 0.2) is 0 Å². The van der Waals surface area contributed by atoms with Crippen molar-refractivity contribution in [2.75, 3.05) is 13.2 Å². The van der Waals surface area contributed by atoms with Crippen LogP contribution in [0.2, 0.25) is 0 Å². The largest absolute Gasteiger partial charge is 0.374 e. The van der Waals surface area contributed by atoms with E-state index in [0.29, 0.717) is 0 Å². The molecule has 1 atom stereocenters. The minimum atomic E-state index is 0.0314. The number of hydrogen-bond acceptors (Lipinski definition) is 2. The minimum absolute atomic E-state index is 0.0314. The molecule has 3 nitrogen and oxygen atoms in total. The molecule has 0 radical (unpaired) electrons. The first-order valence-electron chi connectivity index (χ1n) is 6.67. The first kappa shape index (κ1) is 11.8. The summed E-state index contributed by atoms with van der Waals surface area (Å²) in [6.45, 7) is 4.91. The van der Waals surface area contributed by atoms with Crippen LogP contribution in [-0.2, 0) is 11.3 Å². The number of benzene rings is 1. The number of hydrogen-bond donors (Lipinski definition) is 2. The lowest BCUT2D eigenvalue weighted by Crippen LogP contribution is -2.36. The fraction of sp³-hybridized carbons (Fsp3) is 0.467. The molecule has 2 heterocycles. The van der Waals surface area contributed by atoms with Crippen molar-refractivity contribution in [1.82, 2.24) is 10.3 Å². The zero-order valence-electron chi connectivity index (χ0n) is 10.8. The Balaban J connectivity index is 1.64. The molecular weight excluding hydrogens is 224 g/mol. The Bertz CT molecular complexity index is 526. The lowest BCUT2D eigenvalue weighted by atomic mass is 10.0. The summed E-state index contributed by atoms with van der Waals surface area (Å²) in [5, 5.41) is 4.80. The number of nitrogens with one attached hydrogen (secondary N) is 2. The molecule has 1 aliphatic rings. The van der Waals surface area contributed by atoms with E-state index in [2.05, 4.69) is 41.5 Å². The molecule has 1 aromatic carbocycles. The zero-order chi connectivity index (χ0) is 12.4. The Hall–Kier alpha value is -1.32. The molecule has 2 aromatic rings. The van der Waals surface area contributed by atoms with E-state index in [1.165, 1.54) is 22.9 Å². The summed E-state index contributed by atoms with van der Waals surface area (Å²) in [4.78, 5) is 3.30. The van der Waals surface area contributed by atoms with Crippen LogP contribution in [0.4, 0.5) is 0 Å². The third kappa shape index (κ3) is 2.28. The quantitative estimate of drug-likeness (QED) is 0.867. The lowest BCUT2D eigenvalue weighted by molar-refractivity contribution is 0.0207. The van der Waals surface area contributed by atoms with Gasteiger partial charge in [-0.15, -0.1) is 0 Å². The monoisotopic (exact) mass is 244 g/mol. The van der Waals surface area contributed by atoms with Gasteiger partial charge < -0.3 is 15.0 Å². The number of H-pyrrole nitrogens is 1. The van der Waals surface area contributed by atoms with Crippen LogP contribution in [0.3, 0.4) is 0 Å². The van der Waals surface area contributed by atoms with Crippen molar-refractivity contribution in [2.24, 2.45) is 0 Å². The molecule has 1 aromatic heterocycles. The van der Waals surface area contributed by atoms with E-state index in [9.17, 15) is 0 Å². The average molecular weight is 244 g/mol. The fourth-order valence-electron chi connectivity index (χ4n) is 2.73. The van der Waals surface area contributed by atoms with Crippen molar-refractivity contribution < 1.29 is 4.74 Å². The Morgan fingerprint density at radius 1 is 1.39 bits per heavy atom. The molecule has 0 bridgehead atoms. The number of rotatable bonds is 4. The van der Waals surface area contributed by atoms with Gasteiger partial charge in [0.25, 0.3) is 0 Å². The van der Waals surface area contributed by atoms with Gasteiger partial charge in [0.05, 0.1) is 5.60 Å². The molecule has 0 saturated carbocycles. The van der Waals surface area contributed by atoms with Gasteiger partial charge in [-0.3, -0.25) is 0 Å². The number of aromatic amines is 1. The molecule has 3 heteroatoms. The van der Waals surface area contributed by atoms with Crippen molar-refractivity contribution in [2.45, 2.75) is 31.9 Å². The van der Waals surface area contributed by atoms with Gasteiger partial charge in [0.2, 0.25) is 0 Å². The van der Waals surface area contributed by atoms with Crippen LogP contribution in [0, 0.1) is 0 Å². The summed E-state index contributed by atoms with van der Waals surface area (Å²) in [6.07, 6.45) is 4.34. The van der Waals surface area contributed by atoms with Gasteiger partial charge in [-0.1, -0.05) is 18.2 Å². The van der Waals surface area contributed by atoms with E-state index < -0.39 is 0 Å². The number of aromatic nitrogens is 1. The van der Waals surface area contributed by atoms with Gasteiger partial charge in [-0.25, -0.2) is 0 Å². The molecule has 2 N–H and O–H groups in total. The van der Waals surface area contributed by atoms with Gasteiger partial charge in [-0.2, -0.15) is 0 Å². The van der Waals surface area contributed by atoms with E-state index in [1.807, 2.05) is 6.20 Å². The topological polar surface area (TPSA) is 37.0 Å². The van der Waals surface area contributed by atoms with Crippen LogP contribution in [0.5, 0.6) is 0 Å². The average Bonchev–Trinajstić information content (AvgIpc) is 2.98. The van der Waals surface area contributed by atoms with Gasteiger partial charge in [-0.05, 0) is 36.8 Å².